The van der Waals surface area contributed by atoms with Gasteiger partial charge in [-0.25, -0.2) is 4.68 Å². The van der Waals surface area contributed by atoms with Crippen LogP contribution in [-0.2, 0) is 0 Å². The third-order valence-corrected chi connectivity index (χ3v) is 2.32. The second-order valence-electron chi connectivity index (χ2n) is 3.85. The molecule has 0 spiro atoms. The number of nitrogens with zero attached hydrogens (tertiary/aromatic N) is 3. The van der Waals surface area contributed by atoms with Crippen molar-refractivity contribution >= 4 is 17.4 Å². The fourth-order valence-electron chi connectivity index (χ4n) is 1.37. The summed E-state index contributed by atoms with van der Waals surface area (Å²) < 4.78 is 7.11. The van der Waals surface area contributed by atoms with Crippen LogP contribution in [0.1, 0.15) is 13.8 Å². The SMILES string of the molecule is CC(C)Oc1cncc(-n2cc(Cl)c(N)n2)c1. The van der Waals surface area contributed by atoms with E-state index in [1.54, 1.807) is 23.3 Å². The first-order valence-electron chi connectivity index (χ1n) is 5.19. The average Bonchev–Trinajstić information content (AvgIpc) is 2.59. The van der Waals surface area contributed by atoms with E-state index in [9.17, 15) is 0 Å². The molecule has 6 heteroatoms. The monoisotopic (exact) mass is 252 g/mol. The second kappa shape index (κ2) is 4.63. The maximum absolute atomic E-state index is 5.84. The predicted molar refractivity (Wildman–Crippen MR) is 66.5 cm³/mol. The molecular weight excluding hydrogens is 240 g/mol. The van der Waals surface area contributed by atoms with Gasteiger partial charge < -0.3 is 10.5 Å². The van der Waals surface area contributed by atoms with Crippen LogP contribution in [0.5, 0.6) is 5.75 Å². The van der Waals surface area contributed by atoms with Crippen LogP contribution >= 0.6 is 11.6 Å². The van der Waals surface area contributed by atoms with Gasteiger partial charge in [0.1, 0.15) is 10.8 Å². The average molecular weight is 253 g/mol. The van der Waals surface area contributed by atoms with Crippen molar-refractivity contribution in [3.8, 4) is 11.4 Å². The van der Waals surface area contributed by atoms with Crippen LogP contribution in [0.2, 0.25) is 5.02 Å². The summed E-state index contributed by atoms with van der Waals surface area (Å²) in [5.74, 6) is 0.976. The summed E-state index contributed by atoms with van der Waals surface area (Å²) in [6.45, 7) is 3.91. The van der Waals surface area contributed by atoms with Gasteiger partial charge in [-0.3, -0.25) is 4.98 Å². The lowest BCUT2D eigenvalue weighted by Crippen LogP contribution is -2.06. The molecule has 0 aromatic carbocycles. The number of nitrogens with two attached hydrogens (primary N) is 1. The van der Waals surface area contributed by atoms with E-state index in [2.05, 4.69) is 10.1 Å². The highest BCUT2D eigenvalue weighted by molar-refractivity contribution is 6.32. The molecule has 2 aromatic rings. The first-order chi connectivity index (χ1) is 8.06. The smallest absolute Gasteiger partial charge is 0.164 e. The van der Waals surface area contributed by atoms with E-state index in [4.69, 9.17) is 22.1 Å². The van der Waals surface area contributed by atoms with Gasteiger partial charge in [-0.05, 0) is 13.8 Å². The fraction of sp³-hybridized carbons (Fsp3) is 0.273. The standard InChI is InChI=1S/C11H13ClN4O/c1-7(2)17-9-3-8(4-14-5-9)16-6-10(12)11(13)15-16/h3-7H,1-2H3,(H2,13,15). The summed E-state index contributed by atoms with van der Waals surface area (Å²) in [5, 5.41) is 4.48. The number of rotatable bonds is 3. The van der Waals surface area contributed by atoms with Crippen LogP contribution in [0.15, 0.2) is 24.7 Å². The summed E-state index contributed by atoms with van der Waals surface area (Å²) in [5.41, 5.74) is 6.33. The van der Waals surface area contributed by atoms with Crippen molar-refractivity contribution in [2.45, 2.75) is 20.0 Å². The third kappa shape index (κ3) is 2.68. The Labute approximate surface area is 104 Å². The molecule has 0 unspecified atom stereocenters. The lowest BCUT2D eigenvalue weighted by atomic mass is 10.4. The Morgan fingerprint density at radius 3 is 2.76 bits per heavy atom. The molecule has 2 aromatic heterocycles. The fourth-order valence-corrected chi connectivity index (χ4v) is 1.50. The van der Waals surface area contributed by atoms with Gasteiger partial charge in [0.2, 0.25) is 0 Å². The molecule has 2 N–H and O–H groups in total. The molecular formula is C11H13ClN4O. The Morgan fingerprint density at radius 2 is 2.18 bits per heavy atom. The number of nitrogen functional groups attached to an aromatic ring is 1. The summed E-state index contributed by atoms with van der Waals surface area (Å²) in [6.07, 6.45) is 5.04. The second-order valence-corrected chi connectivity index (χ2v) is 4.26. The van der Waals surface area contributed by atoms with Crippen LogP contribution < -0.4 is 10.5 Å². The zero-order valence-electron chi connectivity index (χ0n) is 9.59. The molecule has 17 heavy (non-hydrogen) atoms. The summed E-state index contributed by atoms with van der Waals surface area (Å²) in [7, 11) is 0. The minimum atomic E-state index is 0.0957. The van der Waals surface area contributed by atoms with Gasteiger partial charge in [0.15, 0.2) is 5.82 Å². The van der Waals surface area contributed by atoms with Crippen molar-refractivity contribution in [3.63, 3.8) is 0 Å². The molecule has 0 amide bonds. The van der Waals surface area contributed by atoms with Crippen molar-refractivity contribution in [2.24, 2.45) is 0 Å². The zero-order chi connectivity index (χ0) is 12.4. The van der Waals surface area contributed by atoms with Gasteiger partial charge in [0.05, 0.1) is 30.4 Å². The van der Waals surface area contributed by atoms with E-state index >= 15 is 0 Å². The zero-order valence-corrected chi connectivity index (χ0v) is 10.3. The molecule has 0 fully saturated rings. The molecule has 0 aliphatic heterocycles. The predicted octanol–water partition coefficient (Wildman–Crippen LogP) is 2.29. The molecule has 0 aliphatic carbocycles. The van der Waals surface area contributed by atoms with Gasteiger partial charge in [-0.1, -0.05) is 11.6 Å². The molecule has 0 atom stereocenters. The van der Waals surface area contributed by atoms with Crippen LogP contribution in [0, 0.1) is 0 Å². The van der Waals surface area contributed by atoms with E-state index in [0.29, 0.717) is 16.6 Å². The van der Waals surface area contributed by atoms with E-state index in [0.717, 1.165) is 5.69 Å². The summed E-state index contributed by atoms with van der Waals surface area (Å²) in [6, 6.07) is 1.83. The topological polar surface area (TPSA) is 66.0 Å². The van der Waals surface area contributed by atoms with Gasteiger partial charge in [-0.15, -0.1) is 5.10 Å². The highest BCUT2D eigenvalue weighted by Gasteiger charge is 2.06. The third-order valence-electron chi connectivity index (χ3n) is 2.03. The minimum Gasteiger partial charge on any atom is -0.489 e. The van der Waals surface area contributed by atoms with E-state index in [-0.39, 0.29) is 6.10 Å². The molecule has 0 bridgehead atoms. The Bertz CT molecular complexity index is 504. The molecule has 90 valence electrons. The molecule has 2 rings (SSSR count). The van der Waals surface area contributed by atoms with Crippen molar-refractivity contribution in [2.75, 3.05) is 5.73 Å². The highest BCUT2D eigenvalue weighted by atomic mass is 35.5. The highest BCUT2D eigenvalue weighted by Crippen LogP contribution is 2.20. The van der Waals surface area contributed by atoms with Crippen molar-refractivity contribution in [1.29, 1.82) is 0 Å². The maximum Gasteiger partial charge on any atom is 0.164 e. The van der Waals surface area contributed by atoms with Crippen molar-refractivity contribution < 1.29 is 4.74 Å². The molecule has 0 saturated carbocycles. The maximum atomic E-state index is 5.84. The minimum absolute atomic E-state index is 0.0957. The summed E-state index contributed by atoms with van der Waals surface area (Å²) in [4.78, 5) is 4.08. The van der Waals surface area contributed by atoms with Crippen LogP contribution in [-0.4, -0.2) is 20.9 Å². The van der Waals surface area contributed by atoms with Crippen molar-refractivity contribution in [3.05, 3.63) is 29.7 Å². The quantitative estimate of drug-likeness (QED) is 0.910. The lowest BCUT2D eigenvalue weighted by molar-refractivity contribution is 0.241. The van der Waals surface area contributed by atoms with Gasteiger partial charge in [-0.2, -0.15) is 0 Å². The van der Waals surface area contributed by atoms with Crippen molar-refractivity contribution in [1.82, 2.24) is 14.8 Å². The molecule has 0 aliphatic rings. The number of halogens is 1. The first kappa shape index (κ1) is 11.7. The Morgan fingerprint density at radius 1 is 1.41 bits per heavy atom. The number of aromatic nitrogens is 3. The summed E-state index contributed by atoms with van der Waals surface area (Å²) >= 11 is 5.84. The van der Waals surface area contributed by atoms with Gasteiger partial charge in [0, 0.05) is 6.07 Å². The number of hydrogen-bond donors (Lipinski definition) is 1. The number of ether oxygens (including phenoxy) is 1. The largest absolute Gasteiger partial charge is 0.489 e. The van der Waals surface area contributed by atoms with Crippen LogP contribution in [0.4, 0.5) is 5.82 Å². The number of pyridine rings is 1. The van der Waals surface area contributed by atoms with Gasteiger partial charge in [0.25, 0.3) is 0 Å². The van der Waals surface area contributed by atoms with Gasteiger partial charge >= 0.3 is 0 Å². The van der Waals surface area contributed by atoms with E-state index < -0.39 is 0 Å². The normalized spacial score (nSPS) is 10.8. The molecule has 5 nitrogen and oxygen atoms in total. The van der Waals surface area contributed by atoms with E-state index in [1.165, 1.54) is 0 Å². The first-order valence-corrected chi connectivity index (χ1v) is 5.57. The molecule has 0 radical (unpaired) electrons. The number of anilines is 1. The van der Waals surface area contributed by atoms with Crippen LogP contribution in [0.25, 0.3) is 5.69 Å². The molecule has 0 saturated heterocycles. The Balaban J connectivity index is 2.32. The van der Waals surface area contributed by atoms with Crippen LogP contribution in [0.3, 0.4) is 0 Å². The van der Waals surface area contributed by atoms with E-state index in [1.807, 2.05) is 19.9 Å². The molecule has 2 heterocycles. The number of hydrogen-bond acceptors (Lipinski definition) is 4. The Kier molecular flexibility index (Phi) is 3.19. The lowest BCUT2D eigenvalue weighted by Gasteiger charge is -2.10. The Hall–Kier alpha value is -1.75.